The van der Waals surface area contributed by atoms with Gasteiger partial charge in [-0.15, -0.1) is 33.2 Å². The van der Waals surface area contributed by atoms with Gasteiger partial charge in [-0.3, -0.25) is 0 Å². The lowest BCUT2D eigenvalue weighted by Gasteiger charge is -2.39. The third-order valence-electron chi connectivity index (χ3n) is 3.66. The fourth-order valence-corrected chi connectivity index (χ4v) is 8.12. The molecule has 0 heterocycles. The van der Waals surface area contributed by atoms with Crippen molar-refractivity contribution in [2.45, 2.75) is 57.9 Å². The highest BCUT2D eigenvalue weighted by atomic mass is 35.8. The van der Waals surface area contributed by atoms with Gasteiger partial charge in [0.15, 0.2) is 0 Å². The van der Waals surface area contributed by atoms with Crippen LogP contribution in [0, 0.1) is 11.8 Å². The number of halogens is 3. The monoisotopic (exact) mass is 286 g/mol. The lowest BCUT2D eigenvalue weighted by atomic mass is 9.79. The van der Waals surface area contributed by atoms with Crippen LogP contribution in [0.4, 0.5) is 0 Å². The molecule has 3 atom stereocenters. The molecule has 0 nitrogen and oxygen atoms in total. The van der Waals surface area contributed by atoms with Crippen molar-refractivity contribution < 1.29 is 0 Å². The molecule has 1 fully saturated rings. The maximum Gasteiger partial charge on any atom is 0.344 e. The van der Waals surface area contributed by atoms with Crippen LogP contribution < -0.4 is 0 Å². The van der Waals surface area contributed by atoms with Crippen molar-refractivity contribution in [3.8, 4) is 0 Å². The fourth-order valence-electron chi connectivity index (χ4n) is 2.91. The molecule has 0 spiro atoms. The molecule has 0 radical (unpaired) electrons. The summed E-state index contributed by atoms with van der Waals surface area (Å²) in [6.07, 6.45) is 7.62. The van der Waals surface area contributed by atoms with E-state index in [0.29, 0.717) is 17.4 Å². The van der Waals surface area contributed by atoms with E-state index in [0.717, 1.165) is 0 Å². The van der Waals surface area contributed by atoms with Crippen molar-refractivity contribution in [1.82, 2.24) is 0 Å². The summed E-state index contributed by atoms with van der Waals surface area (Å²) in [6.45, 7) is 4.49. The maximum absolute atomic E-state index is 6.25. The SMILES string of the molecule is CCCCC1CCCC(C)C1[Si](Cl)(Cl)Cl. The summed E-state index contributed by atoms with van der Waals surface area (Å²) in [4.78, 5) is 0. The molecule has 0 aromatic heterocycles. The molecule has 1 rings (SSSR count). The van der Waals surface area contributed by atoms with E-state index in [9.17, 15) is 0 Å². The molecule has 0 aromatic carbocycles. The zero-order valence-corrected chi connectivity index (χ0v) is 12.9. The number of unbranched alkanes of at least 4 members (excludes halogenated alkanes) is 1. The molecule has 0 N–H and O–H groups in total. The average Bonchev–Trinajstić information content (AvgIpc) is 2.12. The van der Waals surface area contributed by atoms with Crippen molar-refractivity contribution in [3.05, 3.63) is 0 Å². The van der Waals surface area contributed by atoms with Gasteiger partial charge in [0.05, 0.1) is 0 Å². The van der Waals surface area contributed by atoms with Gasteiger partial charge < -0.3 is 0 Å². The second-order valence-electron chi connectivity index (χ2n) is 4.88. The predicted octanol–water partition coefficient (Wildman–Crippen LogP) is 5.64. The van der Waals surface area contributed by atoms with Gasteiger partial charge in [-0.05, 0) is 17.4 Å². The van der Waals surface area contributed by atoms with E-state index in [-0.39, 0.29) is 0 Å². The van der Waals surface area contributed by atoms with Gasteiger partial charge in [-0.2, -0.15) is 0 Å². The Morgan fingerprint density at radius 3 is 2.40 bits per heavy atom. The molecule has 4 heteroatoms. The van der Waals surface area contributed by atoms with Crippen molar-refractivity contribution in [3.63, 3.8) is 0 Å². The summed E-state index contributed by atoms with van der Waals surface area (Å²) < 4.78 is 0. The van der Waals surface area contributed by atoms with Crippen molar-refractivity contribution >= 4 is 39.2 Å². The highest BCUT2D eigenvalue weighted by Gasteiger charge is 2.46. The first kappa shape index (κ1) is 14.1. The maximum atomic E-state index is 6.25. The molecular weight excluding hydrogens is 267 g/mol. The molecule has 0 aliphatic heterocycles. The second-order valence-corrected chi connectivity index (χ2v) is 13.7. The lowest BCUT2D eigenvalue weighted by Crippen LogP contribution is -2.34. The fraction of sp³-hybridized carbons (Fsp3) is 1.00. The van der Waals surface area contributed by atoms with Gasteiger partial charge >= 0.3 is 6.00 Å². The molecular formula is C11H21Cl3Si. The minimum atomic E-state index is -2.52. The van der Waals surface area contributed by atoms with Crippen LogP contribution in [0.5, 0.6) is 0 Å². The van der Waals surface area contributed by atoms with Crippen molar-refractivity contribution in [1.29, 1.82) is 0 Å². The minimum absolute atomic E-state index is 0.391. The minimum Gasteiger partial charge on any atom is -0.126 e. The lowest BCUT2D eigenvalue weighted by molar-refractivity contribution is 0.263. The quantitative estimate of drug-likeness (QED) is 0.464. The number of hydrogen-bond donors (Lipinski definition) is 0. The van der Waals surface area contributed by atoms with Crippen LogP contribution in [0.25, 0.3) is 0 Å². The van der Waals surface area contributed by atoms with Crippen molar-refractivity contribution in [2.24, 2.45) is 11.8 Å². The smallest absolute Gasteiger partial charge is 0.126 e. The first-order valence-electron chi connectivity index (χ1n) is 6.03. The van der Waals surface area contributed by atoms with Crippen LogP contribution in [-0.2, 0) is 0 Å². The average molecular weight is 288 g/mol. The van der Waals surface area contributed by atoms with E-state index in [1.165, 1.54) is 38.5 Å². The summed E-state index contributed by atoms with van der Waals surface area (Å²) in [5.41, 5.74) is 0.391. The third kappa shape index (κ3) is 4.11. The standard InChI is InChI=1S/C11H21Cl3Si/c1-3-4-7-10-8-5-6-9(2)11(10)15(12,13)14/h9-11H,3-8H2,1-2H3. The zero-order chi connectivity index (χ0) is 11.5. The summed E-state index contributed by atoms with van der Waals surface area (Å²) in [6, 6.07) is -2.52. The second kappa shape index (κ2) is 6.14. The van der Waals surface area contributed by atoms with Crippen LogP contribution in [-0.4, -0.2) is 6.00 Å². The molecule has 0 bridgehead atoms. The van der Waals surface area contributed by atoms with Crippen LogP contribution in [0.1, 0.15) is 52.4 Å². The highest BCUT2D eigenvalue weighted by molar-refractivity contribution is 7.65. The van der Waals surface area contributed by atoms with Crippen LogP contribution >= 0.6 is 33.2 Å². The van der Waals surface area contributed by atoms with E-state index in [1.54, 1.807) is 0 Å². The van der Waals surface area contributed by atoms with Crippen LogP contribution in [0.2, 0.25) is 5.54 Å². The van der Waals surface area contributed by atoms with Crippen LogP contribution in [0.15, 0.2) is 0 Å². The Bertz CT molecular complexity index is 191. The van der Waals surface area contributed by atoms with Crippen molar-refractivity contribution in [2.75, 3.05) is 0 Å². The van der Waals surface area contributed by atoms with Gasteiger partial charge in [0.1, 0.15) is 0 Å². The first-order valence-corrected chi connectivity index (χ1v) is 11.1. The number of hydrogen-bond acceptors (Lipinski definition) is 0. The Morgan fingerprint density at radius 1 is 1.20 bits per heavy atom. The zero-order valence-electron chi connectivity index (χ0n) is 9.61. The Balaban J connectivity index is 2.64. The molecule has 1 aliphatic carbocycles. The Morgan fingerprint density at radius 2 is 1.87 bits per heavy atom. The topological polar surface area (TPSA) is 0 Å². The van der Waals surface area contributed by atoms with Gasteiger partial charge in [0, 0.05) is 0 Å². The van der Waals surface area contributed by atoms with E-state index < -0.39 is 6.00 Å². The molecule has 0 saturated heterocycles. The van der Waals surface area contributed by atoms with Gasteiger partial charge in [0.2, 0.25) is 0 Å². The molecule has 15 heavy (non-hydrogen) atoms. The molecule has 90 valence electrons. The normalized spacial score (nSPS) is 33.0. The Kier molecular flexibility index (Phi) is 5.79. The summed E-state index contributed by atoms with van der Waals surface area (Å²) in [5.74, 6) is 1.28. The summed E-state index contributed by atoms with van der Waals surface area (Å²) >= 11 is 18.8. The molecule has 3 unspecified atom stereocenters. The first-order chi connectivity index (χ1) is 6.96. The molecule has 1 saturated carbocycles. The number of rotatable bonds is 4. The van der Waals surface area contributed by atoms with E-state index in [1.807, 2.05) is 0 Å². The van der Waals surface area contributed by atoms with Gasteiger partial charge in [-0.25, -0.2) is 0 Å². The van der Waals surface area contributed by atoms with E-state index in [4.69, 9.17) is 33.2 Å². The van der Waals surface area contributed by atoms with Gasteiger partial charge in [-0.1, -0.05) is 52.4 Å². The van der Waals surface area contributed by atoms with Crippen LogP contribution in [0.3, 0.4) is 0 Å². The van der Waals surface area contributed by atoms with E-state index in [2.05, 4.69) is 13.8 Å². The molecule has 0 aromatic rings. The molecule has 0 amide bonds. The predicted molar refractivity (Wildman–Crippen MR) is 73.1 cm³/mol. The summed E-state index contributed by atoms with van der Waals surface area (Å²) in [5, 5.41) is 0. The summed E-state index contributed by atoms with van der Waals surface area (Å²) in [7, 11) is 0. The largest absolute Gasteiger partial charge is 0.344 e. The highest BCUT2D eigenvalue weighted by Crippen LogP contribution is 2.51. The van der Waals surface area contributed by atoms with Gasteiger partial charge in [0.25, 0.3) is 0 Å². The third-order valence-corrected chi connectivity index (χ3v) is 7.73. The Labute approximate surface area is 109 Å². The molecule has 1 aliphatic rings. The Hall–Kier alpha value is 1.09. The van der Waals surface area contributed by atoms with E-state index >= 15 is 0 Å².